The molecule has 0 atom stereocenters. The molecule has 1 aromatic heterocycles. The molecule has 2 heterocycles. The van der Waals surface area contributed by atoms with Crippen molar-refractivity contribution in [2.24, 2.45) is 0 Å². The second-order valence-corrected chi connectivity index (χ2v) is 7.23. The molecular formula is C23H22ClN3O4. The molecule has 2 N–H and O–H groups in total. The minimum atomic E-state index is -0.254. The fourth-order valence-electron chi connectivity index (χ4n) is 3.24. The molecule has 0 bridgehead atoms. The second kappa shape index (κ2) is 9.68. The summed E-state index contributed by atoms with van der Waals surface area (Å²) in [6.45, 7) is 2.04. The van der Waals surface area contributed by atoms with E-state index in [9.17, 15) is 4.79 Å². The predicted octanol–water partition coefficient (Wildman–Crippen LogP) is 4.48. The molecule has 8 heteroatoms. The van der Waals surface area contributed by atoms with Gasteiger partial charge in [-0.2, -0.15) is 0 Å². The quantitative estimate of drug-likeness (QED) is 0.528. The van der Waals surface area contributed by atoms with Crippen LogP contribution in [-0.4, -0.2) is 44.4 Å². The fraction of sp³-hybridized carbons (Fsp3) is 0.217. The zero-order chi connectivity index (χ0) is 21.6. The molecule has 3 aromatic rings. The van der Waals surface area contributed by atoms with Crippen LogP contribution in [0.25, 0.3) is 11.3 Å². The van der Waals surface area contributed by atoms with Crippen molar-refractivity contribution in [2.75, 3.05) is 44.1 Å². The van der Waals surface area contributed by atoms with Gasteiger partial charge in [0.25, 0.3) is 5.91 Å². The van der Waals surface area contributed by atoms with Crippen LogP contribution in [-0.2, 0) is 4.74 Å². The predicted molar refractivity (Wildman–Crippen MR) is 120 cm³/mol. The first kappa shape index (κ1) is 21.0. The number of rotatable bonds is 7. The first-order valence-electron chi connectivity index (χ1n) is 9.84. The molecule has 4 rings (SSSR count). The van der Waals surface area contributed by atoms with E-state index in [-0.39, 0.29) is 5.91 Å². The lowest BCUT2D eigenvalue weighted by molar-refractivity contribution is 0.102. The Morgan fingerprint density at radius 3 is 2.77 bits per heavy atom. The first-order chi connectivity index (χ1) is 15.2. The summed E-state index contributed by atoms with van der Waals surface area (Å²) in [4.78, 5) is 17.4. The van der Waals surface area contributed by atoms with E-state index < -0.39 is 0 Å². The zero-order valence-electron chi connectivity index (χ0n) is 17.0. The molecule has 1 aliphatic heterocycles. The molecule has 0 unspecified atom stereocenters. The number of carbonyl (C=O) groups excluding carboxylic acids is 1. The highest BCUT2D eigenvalue weighted by atomic mass is 35.5. The summed E-state index contributed by atoms with van der Waals surface area (Å²) >= 11 is 6.30. The molecular weight excluding hydrogens is 418 g/mol. The van der Waals surface area contributed by atoms with Crippen molar-refractivity contribution < 1.29 is 19.0 Å². The van der Waals surface area contributed by atoms with Crippen molar-refractivity contribution in [3.63, 3.8) is 0 Å². The maximum Gasteiger partial charge on any atom is 0.257 e. The topological polar surface area (TPSA) is 81.7 Å². The Labute approximate surface area is 185 Å². The van der Waals surface area contributed by atoms with Gasteiger partial charge in [-0.05, 0) is 36.4 Å². The van der Waals surface area contributed by atoms with Gasteiger partial charge >= 0.3 is 0 Å². The molecule has 7 nitrogen and oxygen atoms in total. The summed E-state index contributed by atoms with van der Waals surface area (Å²) in [6, 6.07) is 14.3. The molecule has 0 aliphatic carbocycles. The van der Waals surface area contributed by atoms with Gasteiger partial charge in [0, 0.05) is 42.9 Å². The Balaban J connectivity index is 1.61. The van der Waals surface area contributed by atoms with Crippen molar-refractivity contribution in [3.05, 3.63) is 65.3 Å². The van der Waals surface area contributed by atoms with Gasteiger partial charge in [0.2, 0.25) is 0 Å². The number of benzene rings is 2. The number of nitrogens with zero attached hydrogens (tertiary/aromatic N) is 1. The van der Waals surface area contributed by atoms with Gasteiger partial charge in [-0.15, -0.1) is 0 Å². The number of hydrogen-bond acceptors (Lipinski definition) is 6. The van der Waals surface area contributed by atoms with Crippen LogP contribution in [0.5, 0.6) is 11.5 Å². The van der Waals surface area contributed by atoms with Crippen LogP contribution < -0.4 is 20.1 Å². The van der Waals surface area contributed by atoms with Crippen LogP contribution in [0.15, 0.2) is 54.7 Å². The minimum Gasteiger partial charge on any atom is -0.486 e. The number of carbonyl (C=O) groups is 1. The Hall–Kier alpha value is -3.29. The average molecular weight is 440 g/mol. The number of ether oxygens (including phenoxy) is 3. The molecule has 2 aromatic carbocycles. The van der Waals surface area contributed by atoms with Crippen LogP contribution in [0, 0.1) is 0 Å². The molecule has 31 heavy (non-hydrogen) atoms. The third-order valence-corrected chi connectivity index (χ3v) is 5.02. The van der Waals surface area contributed by atoms with Crippen LogP contribution in [0.1, 0.15) is 10.4 Å². The molecule has 0 saturated carbocycles. The zero-order valence-corrected chi connectivity index (χ0v) is 17.7. The van der Waals surface area contributed by atoms with Crippen molar-refractivity contribution in [3.8, 4) is 22.8 Å². The van der Waals surface area contributed by atoms with E-state index in [2.05, 4.69) is 15.6 Å². The van der Waals surface area contributed by atoms with E-state index >= 15 is 0 Å². The van der Waals surface area contributed by atoms with Gasteiger partial charge in [0.05, 0.1) is 22.9 Å². The monoisotopic (exact) mass is 439 g/mol. The maximum atomic E-state index is 13.1. The van der Waals surface area contributed by atoms with Crippen LogP contribution in [0.4, 0.5) is 11.4 Å². The van der Waals surface area contributed by atoms with Gasteiger partial charge in [0.1, 0.15) is 13.2 Å². The van der Waals surface area contributed by atoms with Gasteiger partial charge in [-0.25, -0.2) is 0 Å². The van der Waals surface area contributed by atoms with E-state index in [0.29, 0.717) is 65.5 Å². The molecule has 1 amide bonds. The number of halogens is 1. The number of pyridine rings is 1. The molecule has 160 valence electrons. The molecule has 0 fully saturated rings. The highest BCUT2D eigenvalue weighted by Crippen LogP contribution is 2.33. The van der Waals surface area contributed by atoms with E-state index in [1.54, 1.807) is 49.7 Å². The summed E-state index contributed by atoms with van der Waals surface area (Å²) in [5, 5.41) is 6.72. The summed E-state index contributed by atoms with van der Waals surface area (Å²) < 4.78 is 16.2. The number of methoxy groups -OCH3 is 1. The van der Waals surface area contributed by atoms with Gasteiger partial charge in [0.15, 0.2) is 11.5 Å². The third kappa shape index (κ3) is 4.90. The van der Waals surface area contributed by atoms with Gasteiger partial charge in [-0.3, -0.25) is 9.78 Å². The molecule has 0 radical (unpaired) electrons. The third-order valence-electron chi connectivity index (χ3n) is 4.72. The summed E-state index contributed by atoms with van der Waals surface area (Å²) in [6.07, 6.45) is 1.68. The number of hydrogen-bond donors (Lipinski definition) is 2. The summed E-state index contributed by atoms with van der Waals surface area (Å²) in [7, 11) is 1.63. The first-order valence-corrected chi connectivity index (χ1v) is 10.2. The SMILES string of the molecule is COCCNc1cc(-c2ncccc2Cl)ccc1C(=O)Nc1ccc2c(c1)OCCO2. The molecule has 0 saturated heterocycles. The van der Waals surface area contributed by atoms with Crippen molar-refractivity contribution in [1.82, 2.24) is 4.98 Å². The number of nitrogens with one attached hydrogen (secondary N) is 2. The highest BCUT2D eigenvalue weighted by molar-refractivity contribution is 6.33. The number of amides is 1. The van der Waals surface area contributed by atoms with Crippen LogP contribution >= 0.6 is 11.6 Å². The highest BCUT2D eigenvalue weighted by Gasteiger charge is 2.17. The average Bonchev–Trinajstić information content (AvgIpc) is 2.79. The maximum absolute atomic E-state index is 13.1. The number of aromatic nitrogens is 1. The van der Waals surface area contributed by atoms with Crippen LogP contribution in [0.2, 0.25) is 5.02 Å². The van der Waals surface area contributed by atoms with E-state index in [1.807, 2.05) is 12.1 Å². The Morgan fingerprint density at radius 1 is 1.13 bits per heavy atom. The number of fused-ring (bicyclic) bond motifs is 1. The summed E-state index contributed by atoms with van der Waals surface area (Å²) in [5.41, 5.74) is 3.22. The van der Waals surface area contributed by atoms with Gasteiger partial charge in [-0.1, -0.05) is 17.7 Å². The molecule has 1 aliphatic rings. The Kier molecular flexibility index (Phi) is 6.54. The minimum absolute atomic E-state index is 0.254. The van der Waals surface area contributed by atoms with E-state index in [1.165, 1.54) is 0 Å². The van der Waals surface area contributed by atoms with Gasteiger partial charge < -0.3 is 24.8 Å². The van der Waals surface area contributed by atoms with E-state index in [0.717, 1.165) is 5.56 Å². The number of anilines is 2. The lowest BCUT2D eigenvalue weighted by Gasteiger charge is -2.19. The lowest BCUT2D eigenvalue weighted by Crippen LogP contribution is -2.18. The fourth-order valence-corrected chi connectivity index (χ4v) is 3.47. The standard InChI is InChI=1S/C23H22ClN3O4/c1-29-10-9-25-19-13-15(22-18(24)3-2-8-26-22)4-6-17(19)23(28)27-16-5-7-20-21(14-16)31-12-11-30-20/h2-8,13-14,25H,9-12H2,1H3,(H,27,28). The van der Waals surface area contributed by atoms with Crippen molar-refractivity contribution in [2.45, 2.75) is 0 Å². The Morgan fingerprint density at radius 2 is 1.97 bits per heavy atom. The van der Waals surface area contributed by atoms with E-state index in [4.69, 9.17) is 25.8 Å². The van der Waals surface area contributed by atoms with Crippen molar-refractivity contribution >= 4 is 28.9 Å². The largest absolute Gasteiger partial charge is 0.486 e. The van der Waals surface area contributed by atoms with Crippen molar-refractivity contribution in [1.29, 1.82) is 0 Å². The smallest absolute Gasteiger partial charge is 0.257 e. The summed E-state index contributed by atoms with van der Waals surface area (Å²) in [5.74, 6) is 1.03. The normalized spacial score (nSPS) is 12.3. The molecule has 0 spiro atoms. The Bertz CT molecular complexity index is 1090. The second-order valence-electron chi connectivity index (χ2n) is 6.83. The lowest BCUT2D eigenvalue weighted by atomic mass is 10.0. The van der Waals surface area contributed by atoms with Crippen LogP contribution in [0.3, 0.4) is 0 Å².